The number of anilines is 1. The molecule has 0 radical (unpaired) electrons. The van der Waals surface area contributed by atoms with Crippen LogP contribution in [0.5, 0.6) is 0 Å². The molecule has 2 rings (SSSR count). The number of ether oxygens (including phenoxy) is 1. The number of aromatic nitrogens is 3. The zero-order valence-corrected chi connectivity index (χ0v) is 15.3. The monoisotopic (exact) mass is 384 g/mol. The number of nitrogens with zero attached hydrogens (tertiary/aromatic N) is 3. The maximum atomic E-state index is 13.6. The van der Waals surface area contributed by atoms with Crippen molar-refractivity contribution in [1.82, 2.24) is 14.8 Å². The number of hydrogen-bond donors (Lipinski definition) is 1. The van der Waals surface area contributed by atoms with Crippen molar-refractivity contribution in [3.8, 4) is 0 Å². The molecule has 1 aromatic heterocycles. The molecule has 0 fully saturated rings. The van der Waals surface area contributed by atoms with Crippen LogP contribution in [-0.2, 0) is 27.8 Å². The summed E-state index contributed by atoms with van der Waals surface area (Å²) >= 11 is 1.10. The van der Waals surface area contributed by atoms with Crippen LogP contribution in [0.4, 0.5) is 14.5 Å². The molecule has 0 spiro atoms. The third-order valence-electron chi connectivity index (χ3n) is 3.37. The molecule has 1 amide bonds. The van der Waals surface area contributed by atoms with Gasteiger partial charge in [-0.15, -0.1) is 10.2 Å². The van der Waals surface area contributed by atoms with E-state index in [9.17, 15) is 18.4 Å². The van der Waals surface area contributed by atoms with E-state index in [1.165, 1.54) is 0 Å². The summed E-state index contributed by atoms with van der Waals surface area (Å²) in [6, 6.07) is 2.90. The molecule has 7 nitrogen and oxygen atoms in total. The molecule has 26 heavy (non-hydrogen) atoms. The fourth-order valence-electron chi connectivity index (χ4n) is 1.98. The molecule has 0 saturated heterocycles. The molecule has 0 saturated carbocycles. The Balaban J connectivity index is 2.00. The summed E-state index contributed by atoms with van der Waals surface area (Å²) in [4.78, 5) is 23.7. The second kappa shape index (κ2) is 8.75. The molecule has 0 aliphatic rings. The molecular weight excluding hydrogens is 366 g/mol. The molecule has 1 atom stereocenters. The largest absolute Gasteiger partial charge is 0.466 e. The maximum absolute atomic E-state index is 13.6. The van der Waals surface area contributed by atoms with E-state index in [0.29, 0.717) is 17.0 Å². The molecule has 0 bridgehead atoms. The molecule has 0 aliphatic heterocycles. The van der Waals surface area contributed by atoms with Crippen molar-refractivity contribution in [3.63, 3.8) is 0 Å². The summed E-state index contributed by atoms with van der Waals surface area (Å²) in [5.41, 5.74) is -0.107. The van der Waals surface area contributed by atoms with Gasteiger partial charge in [-0.2, -0.15) is 0 Å². The number of carbonyl (C=O) groups is 2. The van der Waals surface area contributed by atoms with E-state index >= 15 is 0 Å². The average molecular weight is 384 g/mol. The summed E-state index contributed by atoms with van der Waals surface area (Å²) in [7, 11) is 1.67. The van der Waals surface area contributed by atoms with Gasteiger partial charge in [0.1, 0.15) is 23.9 Å². The van der Waals surface area contributed by atoms with Crippen molar-refractivity contribution < 1.29 is 23.1 Å². The lowest BCUT2D eigenvalue weighted by atomic mass is 10.3. The average Bonchev–Trinajstić information content (AvgIpc) is 2.90. The van der Waals surface area contributed by atoms with Crippen LogP contribution < -0.4 is 5.32 Å². The van der Waals surface area contributed by atoms with E-state index in [4.69, 9.17) is 4.74 Å². The summed E-state index contributed by atoms with van der Waals surface area (Å²) in [5, 5.41) is 10.1. The van der Waals surface area contributed by atoms with Gasteiger partial charge in [-0.05, 0) is 26.0 Å². The number of benzene rings is 1. The third-order valence-corrected chi connectivity index (χ3v) is 4.51. The van der Waals surface area contributed by atoms with Crippen LogP contribution in [0.1, 0.15) is 19.7 Å². The highest BCUT2D eigenvalue weighted by atomic mass is 32.2. The van der Waals surface area contributed by atoms with Crippen LogP contribution in [0.25, 0.3) is 0 Å². The Kier molecular flexibility index (Phi) is 6.67. The second-order valence-electron chi connectivity index (χ2n) is 5.31. The minimum absolute atomic E-state index is 0.0285. The van der Waals surface area contributed by atoms with Crippen LogP contribution in [0.2, 0.25) is 0 Å². The van der Waals surface area contributed by atoms with Gasteiger partial charge in [0.15, 0.2) is 5.16 Å². The Morgan fingerprint density at radius 3 is 2.73 bits per heavy atom. The summed E-state index contributed by atoms with van der Waals surface area (Å²) < 4.78 is 33.0. The highest BCUT2D eigenvalue weighted by Gasteiger charge is 2.21. The first kappa shape index (κ1) is 19.8. The van der Waals surface area contributed by atoms with Gasteiger partial charge in [0.2, 0.25) is 5.91 Å². The number of esters is 1. The van der Waals surface area contributed by atoms with Gasteiger partial charge in [0.05, 0.1) is 17.5 Å². The number of carbonyl (C=O) groups excluding carboxylic acids is 2. The quantitative estimate of drug-likeness (QED) is 0.582. The van der Waals surface area contributed by atoms with E-state index in [-0.39, 0.29) is 18.7 Å². The molecular formula is C16H18F2N4O3S. The van der Waals surface area contributed by atoms with Crippen molar-refractivity contribution in [3.05, 3.63) is 35.7 Å². The van der Waals surface area contributed by atoms with Crippen LogP contribution in [0.15, 0.2) is 23.4 Å². The SMILES string of the molecule is CCOC(=O)Cc1nnc(S[C@@H](C)C(=O)Nc2ccc(F)cc2F)n1C. The Hall–Kier alpha value is -2.49. The number of hydrogen-bond acceptors (Lipinski definition) is 6. The van der Waals surface area contributed by atoms with Crippen molar-refractivity contribution in [2.24, 2.45) is 7.05 Å². The molecule has 10 heteroatoms. The maximum Gasteiger partial charge on any atom is 0.313 e. The Labute approximate surface area is 153 Å². The van der Waals surface area contributed by atoms with Crippen molar-refractivity contribution in [2.45, 2.75) is 30.7 Å². The predicted octanol–water partition coefficient (Wildman–Crippen LogP) is 2.32. The van der Waals surface area contributed by atoms with E-state index < -0.39 is 28.8 Å². The Morgan fingerprint density at radius 1 is 1.35 bits per heavy atom. The predicted molar refractivity (Wildman–Crippen MR) is 91.6 cm³/mol. The first-order chi connectivity index (χ1) is 12.3. The van der Waals surface area contributed by atoms with Crippen molar-refractivity contribution in [2.75, 3.05) is 11.9 Å². The number of thioether (sulfide) groups is 1. The van der Waals surface area contributed by atoms with Crippen LogP contribution >= 0.6 is 11.8 Å². The zero-order chi connectivity index (χ0) is 19.3. The van der Waals surface area contributed by atoms with Gasteiger partial charge < -0.3 is 14.6 Å². The fraction of sp³-hybridized carbons (Fsp3) is 0.375. The minimum Gasteiger partial charge on any atom is -0.466 e. The van der Waals surface area contributed by atoms with Gasteiger partial charge >= 0.3 is 5.97 Å². The Morgan fingerprint density at radius 2 is 2.08 bits per heavy atom. The number of halogens is 2. The fourth-order valence-corrected chi connectivity index (χ4v) is 2.81. The van der Waals surface area contributed by atoms with Crippen LogP contribution in [0, 0.1) is 11.6 Å². The third kappa shape index (κ3) is 5.01. The highest BCUT2D eigenvalue weighted by Crippen LogP contribution is 2.23. The lowest BCUT2D eigenvalue weighted by molar-refractivity contribution is -0.142. The zero-order valence-electron chi connectivity index (χ0n) is 14.5. The molecule has 0 unspecified atom stereocenters. The summed E-state index contributed by atoms with van der Waals surface area (Å²) in [6.07, 6.45) is -0.0285. The van der Waals surface area contributed by atoms with Gasteiger partial charge in [-0.25, -0.2) is 8.78 Å². The van der Waals surface area contributed by atoms with Gasteiger partial charge in [-0.1, -0.05) is 11.8 Å². The number of rotatable bonds is 7. The standard InChI is InChI=1S/C16H18F2N4O3S/c1-4-25-14(23)8-13-20-21-16(22(13)3)26-9(2)15(24)19-12-6-5-10(17)7-11(12)18/h5-7,9H,4,8H2,1-3H3,(H,19,24)/t9-/m0/s1. The lowest BCUT2D eigenvalue weighted by Gasteiger charge is -2.12. The summed E-state index contributed by atoms with van der Waals surface area (Å²) in [6.45, 7) is 3.59. The van der Waals surface area contributed by atoms with Gasteiger partial charge in [-0.3, -0.25) is 9.59 Å². The molecule has 140 valence electrons. The first-order valence-corrected chi connectivity index (χ1v) is 8.66. The summed E-state index contributed by atoms with van der Waals surface area (Å²) in [5.74, 6) is -2.07. The smallest absolute Gasteiger partial charge is 0.313 e. The normalized spacial score (nSPS) is 11.9. The number of nitrogens with one attached hydrogen (secondary N) is 1. The van der Waals surface area contributed by atoms with Gasteiger partial charge in [0, 0.05) is 13.1 Å². The lowest BCUT2D eigenvalue weighted by Crippen LogP contribution is -2.23. The molecule has 1 N–H and O–H groups in total. The Bertz CT molecular complexity index is 813. The van der Waals surface area contributed by atoms with Crippen LogP contribution in [-0.4, -0.2) is 38.5 Å². The molecule has 0 aliphatic carbocycles. The van der Waals surface area contributed by atoms with E-state index in [1.54, 1.807) is 25.5 Å². The highest BCUT2D eigenvalue weighted by molar-refractivity contribution is 8.00. The second-order valence-corrected chi connectivity index (χ2v) is 6.62. The van der Waals surface area contributed by atoms with E-state index in [0.717, 1.165) is 23.9 Å². The molecule has 1 heterocycles. The van der Waals surface area contributed by atoms with Crippen molar-refractivity contribution in [1.29, 1.82) is 0 Å². The minimum atomic E-state index is -0.856. The topological polar surface area (TPSA) is 86.1 Å². The van der Waals surface area contributed by atoms with Gasteiger partial charge in [0.25, 0.3) is 0 Å². The van der Waals surface area contributed by atoms with Crippen molar-refractivity contribution >= 4 is 29.3 Å². The van der Waals surface area contributed by atoms with Crippen LogP contribution in [0.3, 0.4) is 0 Å². The van der Waals surface area contributed by atoms with E-state index in [1.807, 2.05) is 0 Å². The number of amides is 1. The first-order valence-electron chi connectivity index (χ1n) is 7.78. The van der Waals surface area contributed by atoms with E-state index in [2.05, 4.69) is 15.5 Å². The molecule has 1 aromatic carbocycles. The molecule has 2 aromatic rings.